The van der Waals surface area contributed by atoms with E-state index >= 15 is 0 Å². The molecule has 29 heavy (non-hydrogen) atoms. The van der Waals surface area contributed by atoms with Crippen LogP contribution in [-0.4, -0.2) is 41.0 Å². The molecule has 0 aliphatic carbocycles. The van der Waals surface area contributed by atoms with Gasteiger partial charge in [-0.2, -0.15) is 5.10 Å². The fourth-order valence-electron chi connectivity index (χ4n) is 4.85. The molecular formula is C23H25Cl2N3O. The topological polar surface area (TPSA) is 28.1 Å². The van der Waals surface area contributed by atoms with E-state index in [0.717, 1.165) is 55.9 Å². The molecule has 3 heterocycles. The minimum absolute atomic E-state index is 0.196. The molecule has 0 amide bonds. The third kappa shape index (κ3) is 3.31. The van der Waals surface area contributed by atoms with Crippen LogP contribution in [0.15, 0.2) is 47.6 Å². The molecule has 3 aliphatic heterocycles. The Bertz CT molecular complexity index is 953. The zero-order valence-electron chi connectivity index (χ0n) is 16.6. The fourth-order valence-corrected chi connectivity index (χ4v) is 5.15. The van der Waals surface area contributed by atoms with Crippen LogP contribution in [0.3, 0.4) is 0 Å². The Labute approximate surface area is 182 Å². The Morgan fingerprint density at radius 3 is 2.66 bits per heavy atom. The van der Waals surface area contributed by atoms with Gasteiger partial charge in [0.25, 0.3) is 0 Å². The highest BCUT2D eigenvalue weighted by atomic mass is 35.5. The van der Waals surface area contributed by atoms with Crippen LogP contribution in [0.2, 0.25) is 10.0 Å². The number of rotatable bonds is 3. The van der Waals surface area contributed by atoms with Crippen LogP contribution in [-0.2, 0) is 0 Å². The van der Waals surface area contributed by atoms with Gasteiger partial charge in [-0.05, 0) is 36.7 Å². The minimum Gasteiger partial charge on any atom is -0.466 e. The van der Waals surface area contributed by atoms with Crippen LogP contribution in [0.1, 0.15) is 49.8 Å². The lowest BCUT2D eigenvalue weighted by Crippen LogP contribution is -2.59. The molecule has 3 aliphatic rings. The van der Waals surface area contributed by atoms with Gasteiger partial charge in [0.05, 0.1) is 21.8 Å². The van der Waals surface area contributed by atoms with E-state index in [1.807, 2.05) is 18.2 Å². The third-order valence-electron chi connectivity index (χ3n) is 6.34. The molecule has 1 atom stereocenters. The number of fused-ring (bicyclic) bond motifs is 4. The highest BCUT2D eigenvalue weighted by molar-refractivity contribution is 6.42. The summed E-state index contributed by atoms with van der Waals surface area (Å²) < 4.78 is 6.67. The van der Waals surface area contributed by atoms with E-state index in [9.17, 15) is 0 Å². The van der Waals surface area contributed by atoms with Gasteiger partial charge in [-0.1, -0.05) is 54.4 Å². The van der Waals surface area contributed by atoms with E-state index in [1.165, 1.54) is 12.0 Å². The van der Waals surface area contributed by atoms with Crippen molar-refractivity contribution in [3.63, 3.8) is 0 Å². The molecule has 0 bridgehead atoms. The molecule has 152 valence electrons. The van der Waals surface area contributed by atoms with Crippen LogP contribution in [0.5, 0.6) is 5.75 Å². The number of ether oxygens (including phenoxy) is 1. The largest absolute Gasteiger partial charge is 0.466 e. The fraction of sp³-hybridized carbons (Fsp3) is 0.435. The zero-order valence-corrected chi connectivity index (χ0v) is 18.1. The van der Waals surface area contributed by atoms with Crippen LogP contribution in [0.4, 0.5) is 0 Å². The van der Waals surface area contributed by atoms with Crippen molar-refractivity contribution in [1.82, 2.24) is 9.91 Å². The molecule has 0 aromatic heterocycles. The van der Waals surface area contributed by atoms with Gasteiger partial charge in [0.1, 0.15) is 5.75 Å². The van der Waals surface area contributed by atoms with Crippen LogP contribution in [0.25, 0.3) is 0 Å². The van der Waals surface area contributed by atoms with Crippen molar-refractivity contribution in [3.05, 3.63) is 63.6 Å². The quantitative estimate of drug-likeness (QED) is 0.622. The molecule has 1 spiro atoms. The second kappa shape index (κ2) is 7.50. The van der Waals surface area contributed by atoms with E-state index in [4.69, 9.17) is 33.0 Å². The minimum atomic E-state index is -0.374. The maximum atomic E-state index is 6.67. The number of likely N-dealkylation sites (tertiary alicyclic amines) is 1. The number of piperidine rings is 1. The van der Waals surface area contributed by atoms with Gasteiger partial charge in [0.15, 0.2) is 0 Å². The molecule has 0 N–H and O–H groups in total. The second-order valence-electron chi connectivity index (χ2n) is 8.17. The summed E-state index contributed by atoms with van der Waals surface area (Å²) in [6.07, 6.45) is 3.94. The standard InChI is InChI=1S/C23H25Cl2N3O/c1-2-11-27-12-9-23(10-13-27)28-21(17-5-3-4-6-22(17)29-23)15-20(26-28)16-7-8-18(24)19(25)14-16/h3-8,14,21H,2,9-13,15H2,1H3. The van der Waals surface area contributed by atoms with E-state index in [-0.39, 0.29) is 11.8 Å². The first-order valence-electron chi connectivity index (χ1n) is 10.4. The number of hydrogen-bond acceptors (Lipinski definition) is 4. The SMILES string of the molecule is CCCN1CCC2(CC1)Oc1ccccc1C1CC(c3ccc(Cl)c(Cl)c3)=NN12. The van der Waals surface area contributed by atoms with Gasteiger partial charge in [-0.15, -0.1) is 0 Å². The highest BCUT2D eigenvalue weighted by Gasteiger charge is 2.51. The smallest absolute Gasteiger partial charge is 0.200 e. The average molecular weight is 430 g/mol. The van der Waals surface area contributed by atoms with Crippen molar-refractivity contribution < 1.29 is 4.74 Å². The number of hydrogen-bond donors (Lipinski definition) is 0. The van der Waals surface area contributed by atoms with Crippen LogP contribution < -0.4 is 4.74 Å². The molecule has 0 saturated carbocycles. The van der Waals surface area contributed by atoms with Crippen LogP contribution in [0, 0.1) is 0 Å². The zero-order chi connectivity index (χ0) is 20.0. The Kier molecular flexibility index (Phi) is 4.97. The number of halogens is 2. The summed E-state index contributed by atoms with van der Waals surface area (Å²) in [5.74, 6) is 1.00. The Morgan fingerprint density at radius 1 is 1.10 bits per heavy atom. The number of benzene rings is 2. The highest BCUT2D eigenvalue weighted by Crippen LogP contribution is 2.50. The molecule has 2 aromatic rings. The normalized spacial score (nSPS) is 22.8. The lowest BCUT2D eigenvalue weighted by Gasteiger charge is -2.51. The lowest BCUT2D eigenvalue weighted by atomic mass is 9.90. The average Bonchev–Trinajstić information content (AvgIpc) is 3.19. The molecule has 1 unspecified atom stereocenters. The van der Waals surface area contributed by atoms with Crippen molar-refractivity contribution in [2.45, 2.75) is 44.4 Å². The van der Waals surface area contributed by atoms with Crippen molar-refractivity contribution in [1.29, 1.82) is 0 Å². The van der Waals surface area contributed by atoms with Gasteiger partial charge in [0.2, 0.25) is 5.72 Å². The first-order valence-corrected chi connectivity index (χ1v) is 11.2. The summed E-state index contributed by atoms with van der Waals surface area (Å²) in [4.78, 5) is 2.53. The summed E-state index contributed by atoms with van der Waals surface area (Å²) in [5, 5.41) is 8.48. The van der Waals surface area contributed by atoms with Gasteiger partial charge in [-0.25, -0.2) is 5.01 Å². The van der Waals surface area contributed by atoms with Gasteiger partial charge >= 0.3 is 0 Å². The summed E-state index contributed by atoms with van der Waals surface area (Å²) in [5.41, 5.74) is 2.92. The number of para-hydroxylation sites is 1. The molecule has 5 rings (SSSR count). The van der Waals surface area contributed by atoms with Crippen molar-refractivity contribution in [2.24, 2.45) is 5.10 Å². The molecular weight excluding hydrogens is 405 g/mol. The lowest BCUT2D eigenvalue weighted by molar-refractivity contribution is -0.149. The predicted molar refractivity (Wildman–Crippen MR) is 118 cm³/mol. The maximum Gasteiger partial charge on any atom is 0.200 e. The predicted octanol–water partition coefficient (Wildman–Crippen LogP) is 5.74. The summed E-state index contributed by atoms with van der Waals surface area (Å²) in [6.45, 7) is 5.46. The first kappa shape index (κ1) is 19.2. The van der Waals surface area contributed by atoms with Gasteiger partial charge < -0.3 is 9.64 Å². The third-order valence-corrected chi connectivity index (χ3v) is 7.07. The second-order valence-corrected chi connectivity index (χ2v) is 8.98. The number of hydrazone groups is 1. The van der Waals surface area contributed by atoms with Gasteiger partial charge in [0, 0.05) is 37.9 Å². The van der Waals surface area contributed by atoms with Crippen molar-refractivity contribution >= 4 is 28.9 Å². The number of nitrogens with zero attached hydrogens (tertiary/aromatic N) is 3. The van der Waals surface area contributed by atoms with Gasteiger partial charge in [-0.3, -0.25) is 0 Å². The Hall–Kier alpha value is -1.75. The molecule has 2 aromatic carbocycles. The molecule has 6 heteroatoms. The molecule has 1 fully saturated rings. The first-order chi connectivity index (χ1) is 14.1. The molecule has 0 radical (unpaired) electrons. The monoisotopic (exact) mass is 429 g/mol. The summed E-state index contributed by atoms with van der Waals surface area (Å²) >= 11 is 12.4. The van der Waals surface area contributed by atoms with E-state index in [0.29, 0.717) is 10.0 Å². The summed E-state index contributed by atoms with van der Waals surface area (Å²) in [7, 11) is 0. The van der Waals surface area contributed by atoms with Crippen molar-refractivity contribution in [3.8, 4) is 5.75 Å². The Balaban J connectivity index is 1.52. The molecule has 1 saturated heterocycles. The molecule has 4 nitrogen and oxygen atoms in total. The van der Waals surface area contributed by atoms with E-state index < -0.39 is 0 Å². The van der Waals surface area contributed by atoms with Crippen molar-refractivity contribution in [2.75, 3.05) is 19.6 Å². The van der Waals surface area contributed by atoms with Crippen LogP contribution >= 0.6 is 23.2 Å². The summed E-state index contributed by atoms with van der Waals surface area (Å²) in [6, 6.07) is 14.4. The van der Waals surface area contributed by atoms with E-state index in [2.05, 4.69) is 41.1 Å². The Morgan fingerprint density at radius 2 is 1.90 bits per heavy atom. The maximum absolute atomic E-state index is 6.67. The van der Waals surface area contributed by atoms with E-state index in [1.54, 1.807) is 0 Å².